The number of thiazole rings is 1. The Hall–Kier alpha value is -2.73. The lowest BCUT2D eigenvalue weighted by molar-refractivity contribution is -0.112. The van der Waals surface area contributed by atoms with Gasteiger partial charge in [-0.05, 0) is 47.5 Å². The predicted octanol–water partition coefficient (Wildman–Crippen LogP) is 6.24. The van der Waals surface area contributed by atoms with Crippen LogP contribution in [0, 0.1) is 0 Å². The summed E-state index contributed by atoms with van der Waals surface area (Å²) in [6, 6.07) is 13.1. The van der Waals surface area contributed by atoms with E-state index in [4.69, 9.17) is 23.2 Å². The minimum absolute atomic E-state index is 0.163. The maximum Gasteiger partial charge on any atom is 0.251 e. The number of anilines is 1. The summed E-state index contributed by atoms with van der Waals surface area (Å²) in [4.78, 5) is 21.8. The molecular formula is C22H13Cl2N3OS. The van der Waals surface area contributed by atoms with Gasteiger partial charge in [0.05, 0.1) is 15.9 Å². The Kier molecular flexibility index (Phi) is 4.59. The topological polar surface area (TPSA) is 54.9 Å². The number of rotatable bonds is 3. The minimum Gasteiger partial charge on any atom is -0.322 e. The number of nitrogens with zero attached hydrogens (tertiary/aromatic N) is 2. The Bertz CT molecular complexity index is 1280. The highest BCUT2D eigenvalue weighted by molar-refractivity contribution is 7.21. The van der Waals surface area contributed by atoms with Gasteiger partial charge in [-0.3, -0.25) is 9.78 Å². The van der Waals surface area contributed by atoms with Crippen LogP contribution in [0.2, 0.25) is 10.0 Å². The molecule has 0 saturated heterocycles. The van der Waals surface area contributed by atoms with Gasteiger partial charge in [0, 0.05) is 40.0 Å². The second kappa shape index (κ2) is 7.26. The maximum absolute atomic E-state index is 13.0. The summed E-state index contributed by atoms with van der Waals surface area (Å²) in [6.45, 7) is 0. The first-order chi connectivity index (χ1) is 14.1. The average Bonchev–Trinajstić information content (AvgIpc) is 3.32. The third-order valence-electron chi connectivity index (χ3n) is 4.77. The molecule has 1 amide bonds. The Labute approximate surface area is 180 Å². The predicted molar refractivity (Wildman–Crippen MR) is 120 cm³/mol. The summed E-state index contributed by atoms with van der Waals surface area (Å²) in [5.74, 6) is -0.163. The van der Waals surface area contributed by atoms with Crippen LogP contribution in [0.4, 0.5) is 5.69 Å². The Morgan fingerprint density at radius 3 is 2.86 bits per heavy atom. The van der Waals surface area contributed by atoms with Crippen molar-refractivity contribution in [2.45, 2.75) is 6.42 Å². The molecular weight excluding hydrogens is 425 g/mol. The van der Waals surface area contributed by atoms with Crippen molar-refractivity contribution in [1.82, 2.24) is 9.97 Å². The monoisotopic (exact) mass is 437 g/mol. The molecule has 0 saturated carbocycles. The van der Waals surface area contributed by atoms with Gasteiger partial charge in [0.15, 0.2) is 0 Å². The van der Waals surface area contributed by atoms with E-state index in [0.29, 0.717) is 27.7 Å². The highest BCUT2D eigenvalue weighted by atomic mass is 35.5. The number of carbonyl (C=O) groups excluding carboxylic acids is 1. The fourth-order valence-corrected chi connectivity index (χ4v) is 4.96. The van der Waals surface area contributed by atoms with Crippen molar-refractivity contribution in [3.8, 4) is 10.6 Å². The van der Waals surface area contributed by atoms with Crippen LogP contribution in [-0.4, -0.2) is 15.9 Å². The molecule has 1 N–H and O–H groups in total. The summed E-state index contributed by atoms with van der Waals surface area (Å²) in [5, 5.41) is 4.99. The van der Waals surface area contributed by atoms with Crippen molar-refractivity contribution in [3.05, 3.63) is 81.6 Å². The van der Waals surface area contributed by atoms with Gasteiger partial charge < -0.3 is 5.32 Å². The summed E-state index contributed by atoms with van der Waals surface area (Å²) < 4.78 is 1.00. The smallest absolute Gasteiger partial charge is 0.251 e. The zero-order valence-corrected chi connectivity index (χ0v) is 17.3. The van der Waals surface area contributed by atoms with Crippen LogP contribution in [0.1, 0.15) is 11.1 Å². The fourth-order valence-electron chi connectivity index (χ4n) is 3.40. The van der Waals surface area contributed by atoms with Crippen molar-refractivity contribution in [1.29, 1.82) is 0 Å². The van der Waals surface area contributed by atoms with Gasteiger partial charge in [-0.1, -0.05) is 35.3 Å². The minimum atomic E-state index is -0.163. The van der Waals surface area contributed by atoms with Gasteiger partial charge in [0.2, 0.25) is 0 Å². The molecule has 2 aromatic heterocycles. The van der Waals surface area contributed by atoms with Crippen molar-refractivity contribution in [2.75, 3.05) is 5.32 Å². The number of carbonyl (C=O) groups is 1. The van der Waals surface area contributed by atoms with Gasteiger partial charge in [-0.15, -0.1) is 11.3 Å². The second-order valence-electron chi connectivity index (χ2n) is 6.67. The molecule has 0 aliphatic heterocycles. The van der Waals surface area contributed by atoms with Crippen LogP contribution in [0.25, 0.3) is 26.9 Å². The lowest BCUT2D eigenvalue weighted by Crippen LogP contribution is -2.15. The maximum atomic E-state index is 13.0. The zero-order chi connectivity index (χ0) is 20.0. The van der Waals surface area contributed by atoms with E-state index >= 15 is 0 Å². The third-order valence-corrected chi connectivity index (χ3v) is 6.34. The van der Waals surface area contributed by atoms with Crippen LogP contribution in [0.15, 0.2) is 60.4 Å². The Morgan fingerprint density at radius 1 is 1.14 bits per heavy atom. The number of hydrogen-bond acceptors (Lipinski definition) is 4. The number of hydrogen-bond donors (Lipinski definition) is 1. The highest BCUT2D eigenvalue weighted by Gasteiger charge is 2.22. The number of amides is 1. The molecule has 4 aromatic rings. The standard InChI is InChI=1S/C22H13Cl2N3OS/c23-14-8-12-7-13(9-16(12)17(24)10-14)21(28)26-18-4-2-1-3-15(18)22-27-19-5-6-25-11-20(19)29-22/h1-6,8-11H,7H2,(H,26,28). The molecule has 0 unspecified atom stereocenters. The normalized spacial score (nSPS) is 12.7. The van der Waals surface area contributed by atoms with E-state index in [1.807, 2.05) is 42.5 Å². The molecule has 0 spiro atoms. The summed E-state index contributed by atoms with van der Waals surface area (Å²) >= 11 is 13.9. The number of nitrogens with one attached hydrogen (secondary N) is 1. The molecule has 29 heavy (non-hydrogen) atoms. The van der Waals surface area contributed by atoms with E-state index in [1.165, 1.54) is 0 Å². The molecule has 5 rings (SSSR count). The van der Waals surface area contributed by atoms with Gasteiger partial charge in [-0.2, -0.15) is 0 Å². The molecule has 2 aromatic carbocycles. The molecule has 0 atom stereocenters. The number of fused-ring (bicyclic) bond motifs is 2. The Balaban J connectivity index is 1.45. The fraction of sp³-hybridized carbons (Fsp3) is 0.0455. The first-order valence-electron chi connectivity index (χ1n) is 8.88. The van der Waals surface area contributed by atoms with Crippen molar-refractivity contribution < 1.29 is 4.79 Å². The second-order valence-corrected chi connectivity index (χ2v) is 8.54. The van der Waals surface area contributed by atoms with Crippen LogP contribution in [0.5, 0.6) is 0 Å². The lowest BCUT2D eigenvalue weighted by atomic mass is 10.1. The number of benzene rings is 2. The Morgan fingerprint density at radius 2 is 2.00 bits per heavy atom. The molecule has 0 bridgehead atoms. The number of pyridine rings is 1. The number of aromatic nitrogens is 2. The SMILES string of the molecule is O=C(Nc1ccccc1-c1nc2ccncc2s1)C1=Cc2c(Cl)cc(Cl)cc2C1. The van der Waals surface area contributed by atoms with Crippen molar-refractivity contribution in [3.63, 3.8) is 0 Å². The first-order valence-corrected chi connectivity index (χ1v) is 10.5. The van der Waals surface area contributed by atoms with Gasteiger partial charge in [0.25, 0.3) is 5.91 Å². The summed E-state index contributed by atoms with van der Waals surface area (Å²) in [6.07, 6.45) is 5.85. The van der Waals surface area contributed by atoms with E-state index in [2.05, 4.69) is 15.3 Å². The lowest BCUT2D eigenvalue weighted by Gasteiger charge is -2.10. The molecule has 1 aliphatic carbocycles. The largest absolute Gasteiger partial charge is 0.322 e. The van der Waals surface area contributed by atoms with Gasteiger partial charge in [-0.25, -0.2) is 4.98 Å². The van der Waals surface area contributed by atoms with Gasteiger partial charge >= 0.3 is 0 Å². The van der Waals surface area contributed by atoms with Crippen LogP contribution in [-0.2, 0) is 11.2 Å². The average molecular weight is 438 g/mol. The third kappa shape index (κ3) is 3.42. The van der Waals surface area contributed by atoms with Crippen LogP contribution in [0.3, 0.4) is 0 Å². The van der Waals surface area contributed by atoms with E-state index in [1.54, 1.807) is 29.8 Å². The molecule has 4 nitrogen and oxygen atoms in total. The van der Waals surface area contributed by atoms with Crippen molar-refractivity contribution in [2.24, 2.45) is 0 Å². The number of para-hydroxylation sites is 1. The number of halogens is 2. The molecule has 1 aliphatic rings. The van der Waals surface area contributed by atoms with E-state index in [9.17, 15) is 4.79 Å². The zero-order valence-electron chi connectivity index (χ0n) is 14.9. The van der Waals surface area contributed by atoms with Crippen molar-refractivity contribution >= 4 is 62.4 Å². The molecule has 0 fully saturated rings. The van der Waals surface area contributed by atoms with E-state index in [0.717, 1.165) is 31.9 Å². The molecule has 7 heteroatoms. The van der Waals surface area contributed by atoms with Crippen LogP contribution < -0.4 is 5.32 Å². The van der Waals surface area contributed by atoms with E-state index in [-0.39, 0.29) is 5.91 Å². The van der Waals surface area contributed by atoms with Gasteiger partial charge in [0.1, 0.15) is 5.01 Å². The van der Waals surface area contributed by atoms with Crippen LogP contribution >= 0.6 is 34.5 Å². The summed E-state index contributed by atoms with van der Waals surface area (Å²) in [5.41, 5.74) is 4.94. The quantitative estimate of drug-likeness (QED) is 0.412. The highest BCUT2D eigenvalue weighted by Crippen LogP contribution is 2.36. The first kappa shape index (κ1) is 18.3. The molecule has 0 radical (unpaired) electrons. The molecule has 2 heterocycles. The molecule has 142 valence electrons. The summed E-state index contributed by atoms with van der Waals surface area (Å²) in [7, 11) is 0. The van der Waals surface area contributed by atoms with E-state index < -0.39 is 0 Å².